The number of phenols is 1. The molecule has 6 nitrogen and oxygen atoms in total. The average molecular weight is 325 g/mol. The molecule has 0 saturated carbocycles. The van der Waals surface area contributed by atoms with Crippen LogP contribution in [0.25, 0.3) is 17.0 Å². The first-order chi connectivity index (χ1) is 11.6. The third kappa shape index (κ3) is 3.04. The van der Waals surface area contributed by atoms with Crippen LogP contribution in [0.5, 0.6) is 5.75 Å². The molecule has 0 saturated heterocycles. The van der Waals surface area contributed by atoms with Crippen LogP contribution in [0.2, 0.25) is 0 Å². The molecule has 0 spiro atoms. The van der Waals surface area contributed by atoms with Gasteiger partial charge in [-0.05, 0) is 37.5 Å². The molecule has 0 amide bonds. The quantitative estimate of drug-likeness (QED) is 0.721. The van der Waals surface area contributed by atoms with Crippen LogP contribution in [0.4, 0.5) is 5.82 Å². The summed E-state index contributed by atoms with van der Waals surface area (Å²) >= 11 is 0. The predicted molar refractivity (Wildman–Crippen MR) is 95.2 cm³/mol. The highest BCUT2D eigenvalue weighted by Crippen LogP contribution is 2.29. The number of nitrogens with one attached hydrogen (secondary N) is 1. The van der Waals surface area contributed by atoms with Crippen molar-refractivity contribution in [2.45, 2.75) is 46.1 Å². The zero-order valence-corrected chi connectivity index (χ0v) is 14.3. The van der Waals surface area contributed by atoms with E-state index in [0.717, 1.165) is 30.5 Å². The molecule has 2 N–H and O–H groups in total. The van der Waals surface area contributed by atoms with Crippen molar-refractivity contribution in [3.05, 3.63) is 36.2 Å². The molecule has 0 radical (unpaired) electrons. The fourth-order valence-corrected chi connectivity index (χ4v) is 2.87. The predicted octanol–water partition coefficient (Wildman–Crippen LogP) is 3.80. The maximum Gasteiger partial charge on any atom is 0.192 e. The number of fused-ring (bicyclic) bond motifs is 1. The minimum atomic E-state index is 0.192. The molecule has 0 bridgehead atoms. The molecule has 2 heterocycles. The van der Waals surface area contributed by atoms with Crippen molar-refractivity contribution < 1.29 is 5.11 Å². The van der Waals surface area contributed by atoms with Gasteiger partial charge in [0.15, 0.2) is 17.3 Å². The number of aromatic nitrogens is 4. The molecule has 0 aliphatic rings. The lowest BCUT2D eigenvalue weighted by Crippen LogP contribution is -2.20. The first-order valence-electron chi connectivity index (χ1n) is 8.40. The number of phenolic OH excluding ortho intramolecular Hbond substituents is 1. The molecule has 1 aromatic carbocycles. The second kappa shape index (κ2) is 6.86. The Morgan fingerprint density at radius 2 is 2.08 bits per heavy atom. The Kier molecular flexibility index (Phi) is 4.64. The number of hydrogen-bond acceptors (Lipinski definition) is 5. The van der Waals surface area contributed by atoms with Gasteiger partial charge in [-0.2, -0.15) is 0 Å². The Balaban J connectivity index is 2.04. The summed E-state index contributed by atoms with van der Waals surface area (Å²) < 4.78 is 1.86. The highest BCUT2D eigenvalue weighted by atomic mass is 16.3. The van der Waals surface area contributed by atoms with Gasteiger partial charge < -0.3 is 10.4 Å². The summed E-state index contributed by atoms with van der Waals surface area (Å²) in [7, 11) is 0. The lowest BCUT2D eigenvalue weighted by atomic mass is 10.1. The van der Waals surface area contributed by atoms with E-state index in [0.29, 0.717) is 23.2 Å². The minimum absolute atomic E-state index is 0.192. The van der Waals surface area contributed by atoms with E-state index in [1.807, 2.05) is 29.7 Å². The van der Waals surface area contributed by atoms with E-state index < -0.39 is 0 Å². The van der Waals surface area contributed by atoms with Crippen LogP contribution in [-0.4, -0.2) is 30.7 Å². The van der Waals surface area contributed by atoms with Crippen molar-refractivity contribution in [1.82, 2.24) is 19.6 Å². The standard InChI is InChI=1S/C18H23N5O/c1-4-6-13(5-2)20-16-18-19-9-10-23(18)17(22-21-16)14-8-7-12(3)11-15(14)24/h7-11,13,24H,4-6H2,1-3H3,(H,20,21). The molecular weight excluding hydrogens is 302 g/mol. The zero-order chi connectivity index (χ0) is 17.1. The van der Waals surface area contributed by atoms with Crippen LogP contribution < -0.4 is 5.32 Å². The first kappa shape index (κ1) is 16.2. The number of aromatic hydroxyl groups is 1. The summed E-state index contributed by atoms with van der Waals surface area (Å²) in [6.45, 7) is 6.26. The normalized spacial score (nSPS) is 12.5. The molecule has 1 atom stereocenters. The van der Waals surface area contributed by atoms with E-state index in [4.69, 9.17) is 0 Å². The summed E-state index contributed by atoms with van der Waals surface area (Å²) in [4.78, 5) is 4.42. The van der Waals surface area contributed by atoms with Gasteiger partial charge in [-0.1, -0.05) is 26.3 Å². The second-order valence-corrected chi connectivity index (χ2v) is 6.05. The third-order valence-electron chi connectivity index (χ3n) is 4.19. The van der Waals surface area contributed by atoms with Crippen LogP contribution >= 0.6 is 0 Å². The molecule has 3 aromatic rings. The molecule has 3 rings (SSSR count). The van der Waals surface area contributed by atoms with E-state index in [1.165, 1.54) is 0 Å². The van der Waals surface area contributed by atoms with Crippen LogP contribution in [0.15, 0.2) is 30.6 Å². The highest BCUT2D eigenvalue weighted by molar-refractivity contribution is 5.71. The van der Waals surface area contributed by atoms with Gasteiger partial charge in [0.1, 0.15) is 5.75 Å². The number of anilines is 1. The van der Waals surface area contributed by atoms with Gasteiger partial charge in [-0.3, -0.25) is 4.40 Å². The SMILES string of the molecule is CCCC(CC)Nc1nnc(-c2ccc(C)cc2O)n2ccnc12. The molecule has 2 aromatic heterocycles. The van der Waals surface area contributed by atoms with E-state index in [2.05, 4.69) is 34.3 Å². The number of benzene rings is 1. The molecular formula is C18H23N5O. The van der Waals surface area contributed by atoms with Crippen molar-refractivity contribution in [1.29, 1.82) is 0 Å². The van der Waals surface area contributed by atoms with Gasteiger partial charge >= 0.3 is 0 Å². The Hall–Kier alpha value is -2.63. The summed E-state index contributed by atoms with van der Waals surface area (Å²) in [5.74, 6) is 1.45. The van der Waals surface area contributed by atoms with E-state index >= 15 is 0 Å². The molecule has 24 heavy (non-hydrogen) atoms. The summed E-state index contributed by atoms with van der Waals surface area (Å²) in [6, 6.07) is 5.87. The molecule has 1 unspecified atom stereocenters. The fraction of sp³-hybridized carbons (Fsp3) is 0.389. The number of imidazole rings is 1. The van der Waals surface area contributed by atoms with Gasteiger partial charge in [0.25, 0.3) is 0 Å². The van der Waals surface area contributed by atoms with Crippen molar-refractivity contribution in [2.24, 2.45) is 0 Å². The monoisotopic (exact) mass is 325 g/mol. The van der Waals surface area contributed by atoms with Crippen molar-refractivity contribution >= 4 is 11.5 Å². The number of hydrogen-bond donors (Lipinski definition) is 2. The van der Waals surface area contributed by atoms with Gasteiger partial charge in [-0.25, -0.2) is 4.98 Å². The molecule has 6 heteroatoms. The van der Waals surface area contributed by atoms with Crippen molar-refractivity contribution in [3.63, 3.8) is 0 Å². The topological polar surface area (TPSA) is 75.3 Å². The maximum atomic E-state index is 10.2. The van der Waals surface area contributed by atoms with E-state index in [1.54, 1.807) is 12.3 Å². The van der Waals surface area contributed by atoms with Crippen LogP contribution in [-0.2, 0) is 0 Å². The molecule has 126 valence electrons. The Labute approximate surface area is 141 Å². The summed E-state index contributed by atoms with van der Waals surface area (Å²) in [6.07, 6.45) is 6.76. The maximum absolute atomic E-state index is 10.2. The van der Waals surface area contributed by atoms with Gasteiger partial charge in [0, 0.05) is 18.4 Å². The number of nitrogens with zero attached hydrogens (tertiary/aromatic N) is 4. The number of rotatable bonds is 6. The van der Waals surface area contributed by atoms with E-state index in [9.17, 15) is 5.11 Å². The molecule has 0 aliphatic heterocycles. The lowest BCUT2D eigenvalue weighted by molar-refractivity contribution is 0.476. The largest absolute Gasteiger partial charge is 0.507 e. The van der Waals surface area contributed by atoms with Gasteiger partial charge in [0.05, 0.1) is 5.56 Å². The Morgan fingerprint density at radius 3 is 2.79 bits per heavy atom. The summed E-state index contributed by atoms with van der Waals surface area (Å²) in [5, 5.41) is 22.4. The first-order valence-corrected chi connectivity index (χ1v) is 8.40. The molecule has 0 aliphatic carbocycles. The fourth-order valence-electron chi connectivity index (χ4n) is 2.87. The lowest BCUT2D eigenvalue weighted by Gasteiger charge is -2.17. The number of aryl methyl sites for hydroxylation is 1. The summed E-state index contributed by atoms with van der Waals surface area (Å²) in [5.41, 5.74) is 2.35. The third-order valence-corrected chi connectivity index (χ3v) is 4.19. The van der Waals surface area contributed by atoms with Crippen LogP contribution in [0.1, 0.15) is 38.7 Å². The zero-order valence-electron chi connectivity index (χ0n) is 14.3. The Bertz CT molecular complexity index is 843. The van der Waals surface area contributed by atoms with Gasteiger partial charge in [-0.15, -0.1) is 10.2 Å². The van der Waals surface area contributed by atoms with Crippen molar-refractivity contribution in [3.8, 4) is 17.1 Å². The van der Waals surface area contributed by atoms with Gasteiger partial charge in [0.2, 0.25) is 0 Å². The van der Waals surface area contributed by atoms with Crippen molar-refractivity contribution in [2.75, 3.05) is 5.32 Å². The van der Waals surface area contributed by atoms with E-state index in [-0.39, 0.29) is 5.75 Å². The Morgan fingerprint density at radius 1 is 1.25 bits per heavy atom. The molecule has 0 fully saturated rings. The second-order valence-electron chi connectivity index (χ2n) is 6.05. The average Bonchev–Trinajstić information content (AvgIpc) is 3.05. The van der Waals surface area contributed by atoms with Crippen LogP contribution in [0.3, 0.4) is 0 Å². The van der Waals surface area contributed by atoms with Crippen LogP contribution in [0, 0.1) is 6.92 Å². The highest BCUT2D eigenvalue weighted by Gasteiger charge is 2.16. The smallest absolute Gasteiger partial charge is 0.192 e. The minimum Gasteiger partial charge on any atom is -0.507 e.